The lowest BCUT2D eigenvalue weighted by molar-refractivity contribution is -0.123. The van der Waals surface area contributed by atoms with Crippen molar-refractivity contribution < 1.29 is 14.3 Å². The highest BCUT2D eigenvalue weighted by Gasteiger charge is 2.26. The zero-order valence-corrected chi connectivity index (χ0v) is 18.3. The summed E-state index contributed by atoms with van der Waals surface area (Å²) in [5, 5.41) is 3.51. The van der Waals surface area contributed by atoms with Gasteiger partial charge in [-0.3, -0.25) is 9.69 Å². The van der Waals surface area contributed by atoms with E-state index in [0.717, 1.165) is 33.8 Å². The van der Waals surface area contributed by atoms with Crippen molar-refractivity contribution in [2.45, 2.75) is 20.5 Å². The lowest BCUT2D eigenvalue weighted by Crippen LogP contribution is -2.51. The Kier molecular flexibility index (Phi) is 6.90. The van der Waals surface area contributed by atoms with Crippen LogP contribution in [-0.4, -0.2) is 36.1 Å². The van der Waals surface area contributed by atoms with Crippen LogP contribution >= 0.6 is 12.2 Å². The standard InChI is InChI=1S/C24H26N2O3S/c1-5-11-26-23(27)19(14-25-24(26)30)12-18-9-10-21(28-4)20(13-18)15-29-22-16(2)7-6-8-17(22)3/h5-10,12-13H,1,11,14-15H2,2-4H3,(H,25,30)/b19-12+. The smallest absolute Gasteiger partial charge is 0.258 e. The molecule has 0 aliphatic carbocycles. The lowest BCUT2D eigenvalue weighted by Gasteiger charge is -2.29. The second kappa shape index (κ2) is 9.59. The molecule has 0 spiro atoms. The summed E-state index contributed by atoms with van der Waals surface area (Å²) in [6.07, 6.45) is 3.53. The first kappa shape index (κ1) is 21.6. The maximum absolute atomic E-state index is 12.8. The number of carbonyl (C=O) groups excluding carboxylic acids is 1. The van der Waals surface area contributed by atoms with Gasteiger partial charge in [0.2, 0.25) is 0 Å². The van der Waals surface area contributed by atoms with Gasteiger partial charge in [-0.05, 0) is 61.0 Å². The molecule has 0 aromatic heterocycles. The summed E-state index contributed by atoms with van der Waals surface area (Å²) in [5.74, 6) is 1.51. The van der Waals surface area contributed by atoms with Gasteiger partial charge in [0.25, 0.3) is 5.91 Å². The van der Waals surface area contributed by atoms with Gasteiger partial charge in [0.05, 0.1) is 7.11 Å². The van der Waals surface area contributed by atoms with Crippen molar-refractivity contribution in [3.05, 3.63) is 76.9 Å². The van der Waals surface area contributed by atoms with Gasteiger partial charge in [-0.25, -0.2) is 0 Å². The minimum Gasteiger partial charge on any atom is -0.496 e. The molecule has 5 nitrogen and oxygen atoms in total. The van der Waals surface area contributed by atoms with Gasteiger partial charge in [-0.2, -0.15) is 0 Å². The minimum atomic E-state index is -0.109. The third-order valence-electron chi connectivity index (χ3n) is 4.93. The predicted molar refractivity (Wildman–Crippen MR) is 124 cm³/mol. The van der Waals surface area contributed by atoms with Crippen LogP contribution in [0.3, 0.4) is 0 Å². The van der Waals surface area contributed by atoms with E-state index in [1.807, 2.05) is 56.3 Å². The molecule has 1 amide bonds. The summed E-state index contributed by atoms with van der Waals surface area (Å²) < 4.78 is 11.6. The Hall–Kier alpha value is -3.12. The topological polar surface area (TPSA) is 50.8 Å². The number of aryl methyl sites for hydroxylation is 2. The van der Waals surface area contributed by atoms with E-state index in [1.54, 1.807) is 13.2 Å². The van der Waals surface area contributed by atoms with Crippen molar-refractivity contribution in [2.75, 3.05) is 20.2 Å². The second-order valence-corrected chi connectivity index (χ2v) is 7.50. The van der Waals surface area contributed by atoms with E-state index < -0.39 is 0 Å². The first-order valence-electron chi connectivity index (χ1n) is 9.71. The number of benzene rings is 2. The van der Waals surface area contributed by atoms with Crippen LogP contribution in [0.15, 0.2) is 54.6 Å². The number of methoxy groups -OCH3 is 1. The van der Waals surface area contributed by atoms with Gasteiger partial charge in [-0.15, -0.1) is 6.58 Å². The molecule has 3 rings (SSSR count). The van der Waals surface area contributed by atoms with E-state index in [2.05, 4.69) is 11.9 Å². The number of amides is 1. The molecular weight excluding hydrogens is 396 g/mol. The van der Waals surface area contributed by atoms with E-state index in [0.29, 0.717) is 30.4 Å². The van der Waals surface area contributed by atoms with E-state index in [1.165, 1.54) is 4.90 Å². The van der Waals surface area contributed by atoms with Crippen LogP contribution in [0.1, 0.15) is 22.3 Å². The third kappa shape index (κ3) is 4.71. The first-order valence-corrected chi connectivity index (χ1v) is 10.1. The van der Waals surface area contributed by atoms with E-state index in [-0.39, 0.29) is 5.91 Å². The summed E-state index contributed by atoms with van der Waals surface area (Å²) in [6, 6.07) is 11.9. The first-order chi connectivity index (χ1) is 14.4. The highest BCUT2D eigenvalue weighted by molar-refractivity contribution is 7.80. The number of hydrogen-bond acceptors (Lipinski definition) is 4. The third-order valence-corrected chi connectivity index (χ3v) is 5.30. The van der Waals surface area contributed by atoms with Crippen LogP contribution < -0.4 is 14.8 Å². The monoisotopic (exact) mass is 422 g/mol. The van der Waals surface area contributed by atoms with Gasteiger partial charge < -0.3 is 14.8 Å². The fourth-order valence-electron chi connectivity index (χ4n) is 3.39. The van der Waals surface area contributed by atoms with Crippen molar-refractivity contribution in [1.29, 1.82) is 0 Å². The van der Waals surface area contributed by atoms with Crippen LogP contribution in [0.5, 0.6) is 11.5 Å². The molecule has 0 unspecified atom stereocenters. The Morgan fingerprint density at radius 1 is 1.23 bits per heavy atom. The van der Waals surface area contributed by atoms with E-state index >= 15 is 0 Å². The lowest BCUT2D eigenvalue weighted by atomic mass is 10.0. The molecule has 1 N–H and O–H groups in total. The molecule has 1 fully saturated rings. The Morgan fingerprint density at radius 3 is 2.63 bits per heavy atom. The Balaban J connectivity index is 1.85. The molecule has 2 aromatic rings. The number of hydrogen-bond donors (Lipinski definition) is 1. The predicted octanol–water partition coefficient (Wildman–Crippen LogP) is 4.18. The summed E-state index contributed by atoms with van der Waals surface area (Å²) in [7, 11) is 1.64. The molecule has 0 atom stereocenters. The molecule has 1 aliphatic heterocycles. The molecule has 0 bridgehead atoms. The maximum atomic E-state index is 12.8. The van der Waals surface area contributed by atoms with Gasteiger partial charge in [-0.1, -0.05) is 30.3 Å². The summed E-state index contributed by atoms with van der Waals surface area (Å²) in [4.78, 5) is 14.3. The number of thiocarbonyl (C=S) groups is 1. The average Bonchev–Trinajstić information content (AvgIpc) is 2.73. The molecule has 1 saturated heterocycles. The fraction of sp³-hybridized carbons (Fsp3) is 0.250. The van der Waals surface area contributed by atoms with Gasteiger partial charge in [0.15, 0.2) is 5.11 Å². The van der Waals surface area contributed by atoms with Crippen LogP contribution in [0.4, 0.5) is 0 Å². The molecule has 1 heterocycles. The highest BCUT2D eigenvalue weighted by Crippen LogP contribution is 2.27. The van der Waals surface area contributed by atoms with Crippen LogP contribution in [-0.2, 0) is 11.4 Å². The summed E-state index contributed by atoms with van der Waals surface area (Å²) in [6.45, 7) is 8.89. The largest absolute Gasteiger partial charge is 0.496 e. The number of carbonyl (C=O) groups is 1. The number of para-hydroxylation sites is 1. The molecule has 0 saturated carbocycles. The number of nitrogens with zero attached hydrogens (tertiary/aromatic N) is 1. The molecular formula is C24H26N2O3S. The fourth-order valence-corrected chi connectivity index (χ4v) is 3.62. The average molecular weight is 423 g/mol. The Morgan fingerprint density at radius 2 is 1.97 bits per heavy atom. The molecule has 156 valence electrons. The van der Waals surface area contributed by atoms with E-state index in [4.69, 9.17) is 21.7 Å². The summed E-state index contributed by atoms with van der Waals surface area (Å²) in [5.41, 5.74) is 4.61. The van der Waals surface area contributed by atoms with Gasteiger partial charge in [0.1, 0.15) is 18.1 Å². The second-order valence-electron chi connectivity index (χ2n) is 7.11. The number of ether oxygens (including phenoxy) is 2. The molecule has 30 heavy (non-hydrogen) atoms. The molecule has 6 heteroatoms. The van der Waals surface area contributed by atoms with Crippen LogP contribution in [0, 0.1) is 13.8 Å². The zero-order valence-electron chi connectivity index (χ0n) is 17.5. The summed E-state index contributed by atoms with van der Waals surface area (Å²) >= 11 is 5.23. The van der Waals surface area contributed by atoms with Crippen LogP contribution in [0.25, 0.3) is 6.08 Å². The van der Waals surface area contributed by atoms with Crippen LogP contribution in [0.2, 0.25) is 0 Å². The maximum Gasteiger partial charge on any atom is 0.258 e. The normalized spacial score (nSPS) is 15.2. The van der Waals surface area contributed by atoms with Crippen molar-refractivity contribution in [2.24, 2.45) is 0 Å². The van der Waals surface area contributed by atoms with Crippen molar-refractivity contribution in [3.8, 4) is 11.5 Å². The number of nitrogens with one attached hydrogen (secondary N) is 1. The number of rotatable bonds is 7. The zero-order chi connectivity index (χ0) is 21.7. The van der Waals surface area contributed by atoms with Gasteiger partial charge >= 0.3 is 0 Å². The SMILES string of the molecule is C=CCN1C(=O)/C(=C/c2ccc(OC)c(COc3c(C)cccc3C)c2)CNC1=S. The quantitative estimate of drug-likeness (QED) is 0.412. The molecule has 1 aliphatic rings. The highest BCUT2D eigenvalue weighted by atomic mass is 32.1. The molecule has 0 radical (unpaired) electrons. The van der Waals surface area contributed by atoms with Gasteiger partial charge in [0, 0.05) is 24.2 Å². The minimum absolute atomic E-state index is 0.109. The van der Waals surface area contributed by atoms with Crippen molar-refractivity contribution in [3.63, 3.8) is 0 Å². The Labute approximate surface area is 183 Å². The molecule has 2 aromatic carbocycles. The Bertz CT molecular complexity index is 993. The van der Waals surface area contributed by atoms with E-state index in [9.17, 15) is 4.79 Å². The van der Waals surface area contributed by atoms with Crippen molar-refractivity contribution >= 4 is 29.3 Å². The van der Waals surface area contributed by atoms with Crippen molar-refractivity contribution in [1.82, 2.24) is 10.2 Å².